The monoisotopic (exact) mass is 728 g/mol. The van der Waals surface area contributed by atoms with Crippen LogP contribution in [0.25, 0.3) is 0 Å². The highest BCUT2D eigenvalue weighted by atomic mass is 32.2. The highest BCUT2D eigenvalue weighted by Gasteiger charge is 2.62. The number of allylic oxidation sites excluding steroid dienone is 1. The number of nitrogens with one attached hydrogen (secondary N) is 3. The Morgan fingerprint density at radius 3 is 2.53 bits per heavy atom. The van der Waals surface area contributed by atoms with Gasteiger partial charge < -0.3 is 30.7 Å². The summed E-state index contributed by atoms with van der Waals surface area (Å²) in [4.78, 5) is 71.2. The Labute approximate surface area is 298 Å². The Balaban J connectivity index is 1.25. The van der Waals surface area contributed by atoms with Crippen molar-refractivity contribution < 1.29 is 41.9 Å². The first kappa shape index (κ1) is 36.5. The largest absolute Gasteiger partial charge is 0.444 e. The van der Waals surface area contributed by atoms with Crippen LogP contribution < -0.4 is 21.1 Å². The van der Waals surface area contributed by atoms with Gasteiger partial charge in [0.1, 0.15) is 29.3 Å². The van der Waals surface area contributed by atoms with Crippen LogP contribution in [0, 0.1) is 5.92 Å². The summed E-state index contributed by atoms with van der Waals surface area (Å²) in [6.07, 6.45) is 5.52. The minimum absolute atomic E-state index is 0.0794. The number of hydrogen-bond donors (Lipinski definition) is 4. The number of carbonyl (C=O) groups excluding carboxylic acids is 5. The van der Waals surface area contributed by atoms with Crippen molar-refractivity contribution in [1.82, 2.24) is 25.2 Å². The molecular formula is C35H48N6O9S. The molecule has 1 saturated heterocycles. The summed E-state index contributed by atoms with van der Waals surface area (Å²) < 4.78 is 39.0. The second-order valence-corrected chi connectivity index (χ2v) is 17.3. The third-order valence-corrected chi connectivity index (χ3v) is 11.9. The number of carbonyl (C=O) groups is 5. The second-order valence-electron chi connectivity index (χ2n) is 15.3. The standard InChI is InChI=1S/C35H48N6O9S/c1-34(2,3)50-32(45)37-27-13-8-6-4-5-7-11-22-17-35(22,31(44)39-51(47,48)24-14-15-24)38-29(42)28-16-23(19-41(28)30(27)43)49-33(46)40-18-21-10-9-12-26(36)25(21)20-40/h7,9-12,22-24,27-28H,4-6,8,13-20,36H2,1-3H3,(H,37,45)(H,38,42)(H,39,44)/t22-,23-,27+,28+,35-/m1/s1. The summed E-state index contributed by atoms with van der Waals surface area (Å²) in [5.41, 5.74) is 6.06. The van der Waals surface area contributed by atoms with Crippen molar-refractivity contribution >= 4 is 45.6 Å². The van der Waals surface area contributed by atoms with Crippen LogP contribution in [0.2, 0.25) is 0 Å². The number of fused-ring (bicyclic) bond motifs is 3. The fraction of sp³-hybridized carbons (Fsp3) is 0.629. The van der Waals surface area contributed by atoms with Gasteiger partial charge in [0.05, 0.1) is 18.3 Å². The smallest absolute Gasteiger partial charge is 0.410 e. The van der Waals surface area contributed by atoms with Crippen molar-refractivity contribution in [3.63, 3.8) is 0 Å². The number of benzene rings is 1. The molecule has 0 aromatic heterocycles. The molecule has 3 aliphatic heterocycles. The topological polar surface area (TPSA) is 207 Å². The zero-order chi connectivity index (χ0) is 36.7. The normalized spacial score (nSPS) is 28.3. The second kappa shape index (κ2) is 14.0. The van der Waals surface area contributed by atoms with Gasteiger partial charge in [0, 0.05) is 24.6 Å². The Bertz CT molecular complexity index is 1720. The summed E-state index contributed by atoms with van der Waals surface area (Å²) in [6, 6.07) is 3.22. The van der Waals surface area contributed by atoms with Crippen LogP contribution in [0.1, 0.15) is 89.7 Å². The predicted octanol–water partition coefficient (Wildman–Crippen LogP) is 2.59. The van der Waals surface area contributed by atoms with Crippen LogP contribution in [0.3, 0.4) is 0 Å². The SMILES string of the molecule is CC(C)(C)OC(=O)N[C@H]1CCCCCC=C[C@@H]2C[C@@]2(C(=O)NS(=O)(=O)C2CC2)NC(=O)[C@@H]2C[C@@H](OC(=O)N3Cc4cccc(N)c4C3)CN2C1=O. The Morgan fingerprint density at radius 1 is 1.06 bits per heavy atom. The number of nitrogen functional groups attached to an aromatic ring is 1. The molecule has 5 N–H and O–H groups in total. The van der Waals surface area contributed by atoms with Gasteiger partial charge in [-0.25, -0.2) is 18.0 Å². The average Bonchev–Trinajstić information content (AvgIpc) is 3.93. The van der Waals surface area contributed by atoms with Gasteiger partial charge in [-0.05, 0) is 76.5 Å². The van der Waals surface area contributed by atoms with Gasteiger partial charge in [-0.3, -0.25) is 24.0 Å². The van der Waals surface area contributed by atoms with E-state index in [0.717, 1.165) is 24.0 Å². The van der Waals surface area contributed by atoms with E-state index in [2.05, 4.69) is 15.4 Å². The first-order valence-corrected chi connectivity index (χ1v) is 19.3. The fourth-order valence-electron chi connectivity index (χ4n) is 7.09. The Hall–Kier alpha value is -4.34. The van der Waals surface area contributed by atoms with Gasteiger partial charge in [0.2, 0.25) is 21.8 Å². The minimum atomic E-state index is -3.90. The van der Waals surface area contributed by atoms with Gasteiger partial charge in [-0.1, -0.05) is 37.1 Å². The molecule has 51 heavy (non-hydrogen) atoms. The molecule has 3 fully saturated rings. The van der Waals surface area contributed by atoms with E-state index in [4.69, 9.17) is 15.2 Å². The molecule has 3 heterocycles. The van der Waals surface area contributed by atoms with E-state index in [1.54, 1.807) is 26.8 Å². The molecule has 2 aliphatic carbocycles. The van der Waals surface area contributed by atoms with Crippen molar-refractivity contribution in [2.45, 2.75) is 126 Å². The molecule has 5 aliphatic rings. The maximum Gasteiger partial charge on any atom is 0.410 e. The van der Waals surface area contributed by atoms with Gasteiger partial charge >= 0.3 is 12.2 Å². The average molecular weight is 729 g/mol. The summed E-state index contributed by atoms with van der Waals surface area (Å²) >= 11 is 0. The Kier molecular flexibility index (Phi) is 10.0. The molecule has 0 spiro atoms. The summed E-state index contributed by atoms with van der Waals surface area (Å²) in [5.74, 6) is -2.52. The molecule has 0 unspecified atom stereocenters. The lowest BCUT2D eigenvalue weighted by Gasteiger charge is -2.30. The highest BCUT2D eigenvalue weighted by molar-refractivity contribution is 7.91. The molecule has 2 saturated carbocycles. The highest BCUT2D eigenvalue weighted by Crippen LogP contribution is 2.46. The van der Waals surface area contributed by atoms with Crippen molar-refractivity contribution in [1.29, 1.82) is 0 Å². The zero-order valence-electron chi connectivity index (χ0n) is 29.3. The minimum Gasteiger partial charge on any atom is -0.444 e. The molecule has 1 aromatic rings. The number of alkyl carbamates (subject to hydrolysis) is 1. The van der Waals surface area contributed by atoms with Crippen LogP contribution in [-0.4, -0.2) is 89.2 Å². The molecule has 1 aromatic carbocycles. The lowest BCUT2D eigenvalue weighted by molar-refractivity contribution is -0.141. The molecule has 0 bridgehead atoms. The van der Waals surface area contributed by atoms with E-state index in [0.29, 0.717) is 31.4 Å². The number of anilines is 1. The number of amides is 5. The van der Waals surface area contributed by atoms with Gasteiger partial charge in [0.15, 0.2) is 0 Å². The maximum atomic E-state index is 14.3. The van der Waals surface area contributed by atoms with Crippen LogP contribution in [0.15, 0.2) is 30.4 Å². The molecule has 5 amide bonds. The number of ether oxygens (including phenoxy) is 2. The van der Waals surface area contributed by atoms with E-state index < -0.39 is 80.4 Å². The number of sulfonamides is 1. The van der Waals surface area contributed by atoms with Gasteiger partial charge in [0.25, 0.3) is 5.91 Å². The van der Waals surface area contributed by atoms with E-state index in [9.17, 15) is 32.4 Å². The number of nitrogens with two attached hydrogens (primary N) is 1. The first-order valence-electron chi connectivity index (χ1n) is 17.7. The Morgan fingerprint density at radius 2 is 1.82 bits per heavy atom. The molecule has 5 atom stereocenters. The van der Waals surface area contributed by atoms with Gasteiger partial charge in [-0.2, -0.15) is 0 Å². The number of hydrogen-bond acceptors (Lipinski definition) is 10. The first-order chi connectivity index (χ1) is 24.1. The quantitative estimate of drug-likeness (QED) is 0.258. The third-order valence-electron chi connectivity index (χ3n) is 10.1. The van der Waals surface area contributed by atoms with Crippen LogP contribution in [-0.2, 0) is 47.0 Å². The van der Waals surface area contributed by atoms with Crippen molar-refractivity contribution in [3.05, 3.63) is 41.5 Å². The number of rotatable bonds is 5. The summed E-state index contributed by atoms with van der Waals surface area (Å²) in [5, 5.41) is 4.85. The van der Waals surface area contributed by atoms with Crippen molar-refractivity contribution in [3.8, 4) is 0 Å². The molecule has 6 rings (SSSR count). The molecular weight excluding hydrogens is 680 g/mol. The van der Waals surface area contributed by atoms with E-state index in [1.165, 1.54) is 9.80 Å². The number of nitrogens with zero attached hydrogens (tertiary/aromatic N) is 2. The third kappa shape index (κ3) is 8.26. The molecule has 278 valence electrons. The molecule has 15 nitrogen and oxygen atoms in total. The fourth-order valence-corrected chi connectivity index (χ4v) is 8.46. The molecule has 0 radical (unpaired) electrons. The maximum absolute atomic E-state index is 14.3. The van der Waals surface area contributed by atoms with Gasteiger partial charge in [-0.15, -0.1) is 0 Å². The van der Waals surface area contributed by atoms with Crippen LogP contribution >= 0.6 is 0 Å². The summed E-state index contributed by atoms with van der Waals surface area (Å²) in [6.45, 7) is 5.51. The summed E-state index contributed by atoms with van der Waals surface area (Å²) in [7, 11) is -3.90. The van der Waals surface area contributed by atoms with Crippen LogP contribution in [0.5, 0.6) is 0 Å². The van der Waals surface area contributed by atoms with Crippen LogP contribution in [0.4, 0.5) is 15.3 Å². The lowest BCUT2D eigenvalue weighted by Crippen LogP contribution is -2.58. The van der Waals surface area contributed by atoms with Crippen molar-refractivity contribution in [2.24, 2.45) is 5.92 Å². The van der Waals surface area contributed by atoms with Crippen molar-refractivity contribution in [2.75, 3.05) is 12.3 Å². The van der Waals surface area contributed by atoms with E-state index >= 15 is 0 Å². The predicted molar refractivity (Wildman–Crippen MR) is 185 cm³/mol. The zero-order valence-corrected chi connectivity index (χ0v) is 30.1. The molecule has 16 heteroatoms. The lowest BCUT2D eigenvalue weighted by atomic mass is 10.0. The van der Waals surface area contributed by atoms with E-state index in [1.807, 2.05) is 24.3 Å². The van der Waals surface area contributed by atoms with E-state index in [-0.39, 0.29) is 38.9 Å².